The van der Waals surface area contributed by atoms with Gasteiger partial charge in [0.25, 0.3) is 0 Å². The average molecular weight is 346 g/mol. The van der Waals surface area contributed by atoms with Gasteiger partial charge >= 0.3 is 0 Å². The van der Waals surface area contributed by atoms with Crippen molar-refractivity contribution >= 4 is 33.3 Å². The molecule has 0 aliphatic carbocycles. The summed E-state index contributed by atoms with van der Waals surface area (Å²) in [5, 5.41) is 1.39. The number of benzene rings is 2. The van der Waals surface area contributed by atoms with Gasteiger partial charge in [0.1, 0.15) is 11.5 Å². The lowest BCUT2D eigenvalue weighted by Crippen LogP contribution is -1.92. The van der Waals surface area contributed by atoms with Gasteiger partial charge in [-0.05, 0) is 48.4 Å². The zero-order chi connectivity index (χ0) is 16.4. The van der Waals surface area contributed by atoms with Crippen molar-refractivity contribution in [3.8, 4) is 11.5 Å². The molecule has 0 saturated carbocycles. The lowest BCUT2D eigenvalue weighted by Gasteiger charge is -2.11. The number of aromatic nitrogens is 1. The van der Waals surface area contributed by atoms with E-state index in [0.29, 0.717) is 16.5 Å². The van der Waals surface area contributed by atoms with Crippen LogP contribution in [0.3, 0.4) is 0 Å². The number of rotatable bonds is 4. The standard InChI is InChI=1S/C18H16ClNO2S/c1-3-12-4-7-18(15(19)10-12)22-17-8-9-20-16-6-5-13(23(2)21)11-14(16)17/h4-11H,3H2,1-2H3. The summed E-state index contributed by atoms with van der Waals surface area (Å²) in [5.74, 6) is 1.24. The van der Waals surface area contributed by atoms with E-state index in [0.717, 1.165) is 27.8 Å². The monoisotopic (exact) mass is 345 g/mol. The quantitative estimate of drug-likeness (QED) is 0.669. The third-order valence-corrected chi connectivity index (χ3v) is 4.84. The molecule has 0 spiro atoms. The van der Waals surface area contributed by atoms with Crippen LogP contribution in [0.4, 0.5) is 0 Å². The van der Waals surface area contributed by atoms with Crippen LogP contribution in [-0.2, 0) is 17.2 Å². The predicted molar refractivity (Wildman–Crippen MR) is 95.0 cm³/mol. The van der Waals surface area contributed by atoms with Crippen molar-refractivity contribution in [1.82, 2.24) is 4.98 Å². The van der Waals surface area contributed by atoms with Gasteiger partial charge in [0, 0.05) is 33.5 Å². The Morgan fingerprint density at radius 3 is 2.65 bits per heavy atom. The Hall–Kier alpha value is -1.91. The van der Waals surface area contributed by atoms with Gasteiger partial charge in [-0.15, -0.1) is 0 Å². The Morgan fingerprint density at radius 2 is 1.96 bits per heavy atom. The highest BCUT2D eigenvalue weighted by atomic mass is 35.5. The summed E-state index contributed by atoms with van der Waals surface area (Å²) in [7, 11) is -1.06. The number of hydrogen-bond acceptors (Lipinski definition) is 3. The lowest BCUT2D eigenvalue weighted by atomic mass is 10.1. The van der Waals surface area contributed by atoms with Crippen molar-refractivity contribution in [3.63, 3.8) is 0 Å². The normalized spacial score (nSPS) is 12.3. The van der Waals surface area contributed by atoms with E-state index in [9.17, 15) is 4.21 Å². The molecule has 0 fully saturated rings. The van der Waals surface area contributed by atoms with E-state index in [-0.39, 0.29) is 0 Å². The van der Waals surface area contributed by atoms with E-state index in [2.05, 4.69) is 11.9 Å². The molecule has 3 aromatic rings. The molecule has 23 heavy (non-hydrogen) atoms. The first-order chi connectivity index (χ1) is 11.1. The lowest BCUT2D eigenvalue weighted by molar-refractivity contribution is 0.488. The fraction of sp³-hybridized carbons (Fsp3) is 0.167. The Kier molecular flexibility index (Phi) is 4.64. The first-order valence-electron chi connectivity index (χ1n) is 7.27. The molecule has 1 aromatic heterocycles. The number of hydrogen-bond donors (Lipinski definition) is 0. The number of halogens is 1. The van der Waals surface area contributed by atoms with Gasteiger partial charge in [-0.2, -0.15) is 0 Å². The van der Waals surface area contributed by atoms with E-state index in [4.69, 9.17) is 16.3 Å². The molecule has 0 aliphatic heterocycles. The fourth-order valence-electron chi connectivity index (χ4n) is 2.33. The van der Waals surface area contributed by atoms with Crippen LogP contribution in [0.5, 0.6) is 11.5 Å². The van der Waals surface area contributed by atoms with Gasteiger partial charge in [0.15, 0.2) is 0 Å². The third kappa shape index (κ3) is 3.38. The first kappa shape index (κ1) is 16.0. The molecule has 2 aromatic carbocycles. The summed E-state index contributed by atoms with van der Waals surface area (Å²) >= 11 is 6.30. The van der Waals surface area contributed by atoms with E-state index in [1.807, 2.05) is 36.4 Å². The summed E-state index contributed by atoms with van der Waals surface area (Å²) < 4.78 is 17.7. The zero-order valence-electron chi connectivity index (χ0n) is 12.9. The zero-order valence-corrected chi connectivity index (χ0v) is 14.4. The van der Waals surface area contributed by atoms with Crippen LogP contribution < -0.4 is 4.74 Å². The highest BCUT2D eigenvalue weighted by molar-refractivity contribution is 7.84. The maximum absolute atomic E-state index is 11.7. The van der Waals surface area contributed by atoms with Crippen molar-refractivity contribution in [3.05, 3.63) is 59.2 Å². The molecular weight excluding hydrogens is 330 g/mol. The predicted octanol–water partition coefficient (Wildman–Crippen LogP) is 4.98. The SMILES string of the molecule is CCc1ccc(Oc2ccnc3ccc(S(C)=O)cc23)c(Cl)c1. The maximum Gasteiger partial charge on any atom is 0.146 e. The first-order valence-corrected chi connectivity index (χ1v) is 9.20. The van der Waals surface area contributed by atoms with Gasteiger partial charge < -0.3 is 4.74 Å². The molecular formula is C18H16ClNO2S. The molecule has 0 radical (unpaired) electrons. The molecule has 118 valence electrons. The highest BCUT2D eigenvalue weighted by Gasteiger charge is 2.09. The molecule has 0 N–H and O–H groups in total. The van der Waals surface area contributed by atoms with Crippen LogP contribution in [0.15, 0.2) is 53.6 Å². The Bertz CT molecular complexity index is 895. The number of pyridine rings is 1. The molecule has 1 heterocycles. The van der Waals surface area contributed by atoms with Crippen LogP contribution >= 0.6 is 11.6 Å². The number of nitrogens with zero attached hydrogens (tertiary/aromatic N) is 1. The van der Waals surface area contributed by atoms with Crippen molar-refractivity contribution in [2.75, 3.05) is 6.26 Å². The summed E-state index contributed by atoms with van der Waals surface area (Å²) in [6.45, 7) is 2.08. The largest absolute Gasteiger partial charge is 0.455 e. The molecule has 3 rings (SSSR count). The van der Waals surface area contributed by atoms with Crippen molar-refractivity contribution in [2.45, 2.75) is 18.2 Å². The molecule has 5 heteroatoms. The van der Waals surface area contributed by atoms with Crippen LogP contribution in [0.25, 0.3) is 10.9 Å². The van der Waals surface area contributed by atoms with Gasteiger partial charge in [0.05, 0.1) is 10.5 Å². The summed E-state index contributed by atoms with van der Waals surface area (Å²) in [4.78, 5) is 5.06. The van der Waals surface area contributed by atoms with Crippen molar-refractivity contribution in [2.24, 2.45) is 0 Å². The smallest absolute Gasteiger partial charge is 0.146 e. The van der Waals surface area contributed by atoms with Crippen molar-refractivity contribution < 1.29 is 8.95 Å². The maximum atomic E-state index is 11.7. The minimum absolute atomic E-state index is 0.574. The van der Waals surface area contributed by atoms with Crippen LogP contribution in [0.1, 0.15) is 12.5 Å². The van der Waals surface area contributed by atoms with Gasteiger partial charge in [0.2, 0.25) is 0 Å². The molecule has 0 amide bonds. The van der Waals surface area contributed by atoms with Crippen LogP contribution in [0.2, 0.25) is 5.02 Å². The number of aryl methyl sites for hydroxylation is 1. The highest BCUT2D eigenvalue weighted by Crippen LogP contribution is 2.34. The fourth-order valence-corrected chi connectivity index (χ4v) is 3.12. The molecule has 1 unspecified atom stereocenters. The summed E-state index contributed by atoms with van der Waals surface area (Å²) in [6.07, 6.45) is 4.26. The minimum atomic E-state index is -1.06. The minimum Gasteiger partial charge on any atom is -0.455 e. The van der Waals surface area contributed by atoms with E-state index in [1.165, 1.54) is 0 Å². The topological polar surface area (TPSA) is 39.2 Å². The second-order valence-electron chi connectivity index (χ2n) is 5.16. The second kappa shape index (κ2) is 6.69. The second-order valence-corrected chi connectivity index (χ2v) is 6.95. The van der Waals surface area contributed by atoms with Gasteiger partial charge in [-0.1, -0.05) is 24.6 Å². The van der Waals surface area contributed by atoms with Gasteiger partial charge in [-0.3, -0.25) is 9.19 Å². The van der Waals surface area contributed by atoms with Gasteiger partial charge in [-0.25, -0.2) is 0 Å². The molecule has 3 nitrogen and oxygen atoms in total. The molecule has 0 aliphatic rings. The Balaban J connectivity index is 2.05. The molecule has 0 bridgehead atoms. The average Bonchev–Trinajstić information content (AvgIpc) is 2.56. The number of fused-ring (bicyclic) bond motifs is 1. The van der Waals surface area contributed by atoms with Crippen LogP contribution in [0, 0.1) is 0 Å². The summed E-state index contributed by atoms with van der Waals surface area (Å²) in [5.41, 5.74) is 1.95. The third-order valence-electron chi connectivity index (χ3n) is 3.63. The number of ether oxygens (including phenoxy) is 1. The van der Waals surface area contributed by atoms with Crippen LogP contribution in [-0.4, -0.2) is 15.4 Å². The Labute approximate surface area is 142 Å². The Morgan fingerprint density at radius 1 is 1.13 bits per heavy atom. The van der Waals surface area contributed by atoms with Crippen molar-refractivity contribution in [1.29, 1.82) is 0 Å². The molecule has 0 saturated heterocycles. The molecule has 1 atom stereocenters. The summed E-state index contributed by atoms with van der Waals surface area (Å²) in [6, 6.07) is 13.1. The van der Waals surface area contributed by atoms with E-state index in [1.54, 1.807) is 18.5 Å². The van der Waals surface area contributed by atoms with E-state index >= 15 is 0 Å². The van der Waals surface area contributed by atoms with E-state index < -0.39 is 10.8 Å².